The second-order valence-corrected chi connectivity index (χ2v) is 13.4. The maximum Gasteiger partial charge on any atom is 0.258 e. The lowest BCUT2D eigenvalue weighted by Crippen LogP contribution is -2.65. The third-order valence-corrected chi connectivity index (χ3v) is 11.5. The van der Waals surface area contributed by atoms with Crippen LogP contribution in [0.4, 0.5) is 4.39 Å². The maximum atomic E-state index is 13.3. The molecule has 1 atom stereocenters. The average molecular weight is 450 g/mol. The van der Waals surface area contributed by atoms with Crippen molar-refractivity contribution in [2.24, 2.45) is 0 Å². The normalized spacial score (nSPS) is 12.9. The van der Waals surface area contributed by atoms with Crippen LogP contribution in [0.3, 0.4) is 0 Å². The standard InChI is InChI=1S/C26H28FNOSSi/c1-26(2,19-9-14-25(30-20-28)21-15-17-22(27)18-16-21)31(29,23-10-5-3-6-11-23)24-12-7-4-8-13-24/h3-8,10-13,15-18,25,29H,9,14,19H2,1-2H3. The van der Waals surface area contributed by atoms with E-state index in [4.69, 9.17) is 0 Å². The molecule has 0 aliphatic carbocycles. The second kappa shape index (κ2) is 10.3. The number of hydrogen-bond donors (Lipinski definition) is 1. The topological polar surface area (TPSA) is 44.0 Å². The quantitative estimate of drug-likeness (QED) is 0.332. The van der Waals surface area contributed by atoms with Crippen molar-refractivity contribution in [1.82, 2.24) is 0 Å². The highest BCUT2D eigenvalue weighted by Crippen LogP contribution is 2.42. The number of thiocyanates is 1. The van der Waals surface area contributed by atoms with E-state index in [9.17, 15) is 14.4 Å². The van der Waals surface area contributed by atoms with Crippen molar-refractivity contribution in [1.29, 1.82) is 5.26 Å². The van der Waals surface area contributed by atoms with Gasteiger partial charge in [-0.05, 0) is 57.7 Å². The van der Waals surface area contributed by atoms with Crippen LogP contribution in [0.5, 0.6) is 0 Å². The summed E-state index contributed by atoms with van der Waals surface area (Å²) in [5.74, 6) is -0.271. The monoisotopic (exact) mass is 449 g/mol. The smallest absolute Gasteiger partial charge is 0.258 e. The molecule has 0 heterocycles. The predicted molar refractivity (Wildman–Crippen MR) is 130 cm³/mol. The highest BCUT2D eigenvalue weighted by atomic mass is 32.2. The number of halogens is 1. The predicted octanol–water partition coefficient (Wildman–Crippen LogP) is 5.78. The summed E-state index contributed by atoms with van der Waals surface area (Å²) in [4.78, 5) is 12.2. The van der Waals surface area contributed by atoms with Crippen LogP contribution >= 0.6 is 11.8 Å². The molecule has 3 rings (SSSR count). The summed E-state index contributed by atoms with van der Waals surface area (Å²) >= 11 is 1.22. The van der Waals surface area contributed by atoms with Crippen molar-refractivity contribution in [3.8, 4) is 5.40 Å². The minimum absolute atomic E-state index is 0.00962. The van der Waals surface area contributed by atoms with E-state index >= 15 is 0 Å². The lowest BCUT2D eigenvalue weighted by atomic mass is 10.0. The Morgan fingerprint density at radius 2 is 1.45 bits per heavy atom. The van der Waals surface area contributed by atoms with Crippen LogP contribution in [-0.2, 0) is 0 Å². The molecule has 0 fully saturated rings. The molecule has 2 nitrogen and oxygen atoms in total. The van der Waals surface area contributed by atoms with Crippen LogP contribution in [0.25, 0.3) is 0 Å². The van der Waals surface area contributed by atoms with Gasteiger partial charge in [0.2, 0.25) is 0 Å². The van der Waals surface area contributed by atoms with Crippen molar-refractivity contribution >= 4 is 30.5 Å². The molecule has 0 spiro atoms. The van der Waals surface area contributed by atoms with E-state index in [-0.39, 0.29) is 16.1 Å². The third kappa shape index (κ3) is 5.27. The summed E-state index contributed by atoms with van der Waals surface area (Å²) in [6, 6.07) is 26.4. The van der Waals surface area contributed by atoms with E-state index in [0.717, 1.165) is 35.2 Å². The molecule has 0 saturated carbocycles. The van der Waals surface area contributed by atoms with E-state index < -0.39 is 8.32 Å². The van der Waals surface area contributed by atoms with Gasteiger partial charge in [-0.2, -0.15) is 5.26 Å². The number of thioether (sulfide) groups is 1. The molecule has 0 bridgehead atoms. The van der Waals surface area contributed by atoms with Crippen molar-refractivity contribution in [3.63, 3.8) is 0 Å². The fourth-order valence-corrected chi connectivity index (χ4v) is 8.74. The summed E-state index contributed by atoms with van der Waals surface area (Å²) in [6.45, 7) is 4.31. The zero-order valence-corrected chi connectivity index (χ0v) is 19.8. The first-order valence-corrected chi connectivity index (χ1v) is 13.3. The van der Waals surface area contributed by atoms with Crippen LogP contribution in [0.2, 0.25) is 5.04 Å². The molecule has 0 radical (unpaired) electrons. The molecule has 1 unspecified atom stereocenters. The lowest BCUT2D eigenvalue weighted by Gasteiger charge is -2.41. The Hall–Kier alpha value is -2.39. The Kier molecular flexibility index (Phi) is 7.72. The summed E-state index contributed by atoms with van der Waals surface area (Å²) in [7, 11) is -3.03. The number of rotatable bonds is 9. The molecule has 0 aliphatic rings. The molecule has 3 aromatic carbocycles. The number of hydrogen-bond acceptors (Lipinski definition) is 3. The van der Waals surface area contributed by atoms with Gasteiger partial charge in [0.25, 0.3) is 8.32 Å². The van der Waals surface area contributed by atoms with E-state index in [1.54, 1.807) is 12.1 Å². The maximum absolute atomic E-state index is 13.3. The lowest BCUT2D eigenvalue weighted by molar-refractivity contribution is 0.451. The van der Waals surface area contributed by atoms with E-state index in [1.165, 1.54) is 23.9 Å². The Labute approximate surface area is 189 Å². The first-order chi connectivity index (χ1) is 14.9. The Balaban J connectivity index is 1.82. The number of nitriles is 1. The van der Waals surface area contributed by atoms with Gasteiger partial charge in [0.15, 0.2) is 0 Å². The van der Waals surface area contributed by atoms with Gasteiger partial charge < -0.3 is 4.80 Å². The summed E-state index contributed by atoms with van der Waals surface area (Å²) in [6.07, 6.45) is 2.48. The Morgan fingerprint density at radius 1 is 0.935 bits per heavy atom. The number of nitrogens with zero attached hydrogens (tertiary/aromatic N) is 1. The molecule has 0 amide bonds. The Bertz CT molecular complexity index is 964. The first-order valence-electron chi connectivity index (χ1n) is 10.5. The fourth-order valence-electron chi connectivity index (χ4n) is 4.25. The molecule has 160 valence electrons. The van der Waals surface area contributed by atoms with Crippen LogP contribution in [0.15, 0.2) is 84.9 Å². The second-order valence-electron chi connectivity index (χ2n) is 8.47. The Morgan fingerprint density at radius 3 is 1.94 bits per heavy atom. The molecule has 0 saturated heterocycles. The fraction of sp³-hybridized carbons (Fsp3) is 0.269. The molecular weight excluding hydrogens is 421 g/mol. The van der Waals surface area contributed by atoms with E-state index in [2.05, 4.69) is 19.2 Å². The van der Waals surface area contributed by atoms with Crippen molar-refractivity contribution < 1.29 is 9.19 Å². The SMILES string of the molecule is CC(C)(CCCC(SC#N)c1ccc(F)cc1)[Si](O)(c1ccccc1)c1ccccc1. The highest BCUT2D eigenvalue weighted by molar-refractivity contribution is 8.03. The van der Waals surface area contributed by atoms with Gasteiger partial charge in [-0.1, -0.05) is 93.1 Å². The van der Waals surface area contributed by atoms with Crippen molar-refractivity contribution in [2.45, 2.75) is 43.4 Å². The third-order valence-electron chi connectivity index (χ3n) is 6.07. The van der Waals surface area contributed by atoms with Crippen molar-refractivity contribution in [3.05, 3.63) is 96.3 Å². The van der Waals surface area contributed by atoms with Crippen molar-refractivity contribution in [2.75, 3.05) is 0 Å². The average Bonchev–Trinajstić information content (AvgIpc) is 2.79. The number of benzene rings is 3. The van der Waals surface area contributed by atoms with Gasteiger partial charge in [0.1, 0.15) is 11.2 Å². The van der Waals surface area contributed by atoms with Crippen LogP contribution in [0.1, 0.15) is 43.9 Å². The zero-order chi connectivity index (χ0) is 22.3. The molecule has 1 N–H and O–H groups in total. The van der Waals surface area contributed by atoms with Gasteiger partial charge in [-0.15, -0.1) is 0 Å². The molecule has 5 heteroatoms. The van der Waals surface area contributed by atoms with E-state index in [1.807, 2.05) is 60.7 Å². The molecule has 0 aromatic heterocycles. The van der Waals surface area contributed by atoms with Crippen LogP contribution in [-0.4, -0.2) is 13.1 Å². The summed E-state index contributed by atoms with van der Waals surface area (Å²) < 4.78 is 13.3. The molecular formula is C26H28FNOSSi. The van der Waals surface area contributed by atoms with Gasteiger partial charge in [0.05, 0.1) is 0 Å². The highest BCUT2D eigenvalue weighted by Gasteiger charge is 2.49. The molecule has 31 heavy (non-hydrogen) atoms. The minimum Gasteiger partial charge on any atom is -0.424 e. The van der Waals surface area contributed by atoms with Gasteiger partial charge in [0, 0.05) is 5.25 Å². The minimum atomic E-state index is -3.03. The van der Waals surface area contributed by atoms with Gasteiger partial charge >= 0.3 is 0 Å². The summed E-state index contributed by atoms with van der Waals surface area (Å²) in [5, 5.41) is 13.1. The summed E-state index contributed by atoms with van der Waals surface area (Å²) in [5.41, 5.74) is 0.962. The van der Waals surface area contributed by atoms with E-state index in [0.29, 0.717) is 0 Å². The van der Waals surface area contributed by atoms with Gasteiger partial charge in [-0.25, -0.2) is 4.39 Å². The largest absolute Gasteiger partial charge is 0.424 e. The zero-order valence-electron chi connectivity index (χ0n) is 18.0. The molecule has 0 aliphatic heterocycles. The van der Waals surface area contributed by atoms with Crippen LogP contribution in [0, 0.1) is 16.5 Å². The first kappa shape index (κ1) is 23.3. The van der Waals surface area contributed by atoms with Gasteiger partial charge in [-0.3, -0.25) is 0 Å². The molecule has 3 aromatic rings. The van der Waals surface area contributed by atoms with Crippen LogP contribution < -0.4 is 10.4 Å².